The Bertz CT molecular complexity index is 868. The van der Waals surface area contributed by atoms with E-state index in [1.165, 1.54) is 11.8 Å². The van der Waals surface area contributed by atoms with Gasteiger partial charge in [-0.2, -0.15) is 0 Å². The Balaban J connectivity index is 1.77. The van der Waals surface area contributed by atoms with Crippen LogP contribution in [0, 0.1) is 3.57 Å². The predicted octanol–water partition coefficient (Wildman–Crippen LogP) is 3.82. The minimum atomic E-state index is -2.92. The normalized spacial score (nSPS) is 19.1. The highest BCUT2D eigenvalue weighted by molar-refractivity contribution is 14.1. The van der Waals surface area contributed by atoms with E-state index in [9.17, 15) is 13.2 Å². The van der Waals surface area contributed by atoms with Crippen LogP contribution in [0.1, 0.15) is 16.8 Å². The van der Waals surface area contributed by atoms with E-state index in [-0.39, 0.29) is 22.7 Å². The molecule has 1 amide bonds. The summed E-state index contributed by atoms with van der Waals surface area (Å²) in [4.78, 5) is 13.4. The Hall–Kier alpha value is -1.06. The number of anilines is 1. The summed E-state index contributed by atoms with van der Waals surface area (Å²) >= 11 is 3.68. The highest BCUT2D eigenvalue weighted by atomic mass is 127. The summed E-state index contributed by atoms with van der Waals surface area (Å²) in [5.74, 6) is 0.243. The summed E-state index contributed by atoms with van der Waals surface area (Å²) in [6.45, 7) is 0. The van der Waals surface area contributed by atoms with Gasteiger partial charge in [0, 0.05) is 19.4 Å². The molecule has 7 heteroatoms. The molecule has 0 aliphatic carbocycles. The summed E-state index contributed by atoms with van der Waals surface area (Å²) in [6, 6.07) is 14.9. The fraction of sp³-hybridized carbons (Fsp3) is 0.235. The standard InChI is InChI=1S/C17H16INO3S2/c18-12-4-3-5-13(10-12)19-17(20)15-6-1-2-7-16(15)23-14-8-9-24(21,22)11-14/h1-7,10,14H,8-9,11H2,(H,19,20). The lowest BCUT2D eigenvalue weighted by Crippen LogP contribution is -2.14. The number of sulfone groups is 1. The third-order valence-electron chi connectivity index (χ3n) is 3.70. The molecule has 1 aliphatic heterocycles. The summed E-state index contributed by atoms with van der Waals surface area (Å²) in [5, 5.41) is 2.92. The monoisotopic (exact) mass is 473 g/mol. The molecule has 3 rings (SSSR count). The zero-order valence-electron chi connectivity index (χ0n) is 12.7. The largest absolute Gasteiger partial charge is 0.322 e. The fourth-order valence-electron chi connectivity index (χ4n) is 2.56. The predicted molar refractivity (Wildman–Crippen MR) is 106 cm³/mol. The van der Waals surface area contributed by atoms with Crippen LogP contribution in [0.3, 0.4) is 0 Å². The molecule has 2 aromatic rings. The van der Waals surface area contributed by atoms with Crippen LogP contribution in [-0.2, 0) is 9.84 Å². The topological polar surface area (TPSA) is 63.2 Å². The lowest BCUT2D eigenvalue weighted by Gasteiger charge is -2.13. The second-order valence-corrected chi connectivity index (χ2v) is 10.4. The number of hydrogen-bond acceptors (Lipinski definition) is 4. The van der Waals surface area contributed by atoms with Crippen LogP contribution in [-0.4, -0.2) is 31.1 Å². The third-order valence-corrected chi connectivity index (χ3v) is 7.69. The van der Waals surface area contributed by atoms with E-state index in [1.807, 2.05) is 42.5 Å². The van der Waals surface area contributed by atoms with Gasteiger partial charge in [0.05, 0.1) is 17.1 Å². The van der Waals surface area contributed by atoms with E-state index in [1.54, 1.807) is 6.07 Å². The first-order chi connectivity index (χ1) is 11.4. The molecule has 0 bridgehead atoms. The van der Waals surface area contributed by atoms with Gasteiger partial charge < -0.3 is 5.32 Å². The minimum Gasteiger partial charge on any atom is -0.322 e. The van der Waals surface area contributed by atoms with Crippen LogP contribution in [0.15, 0.2) is 53.4 Å². The minimum absolute atomic E-state index is 0.0154. The number of nitrogens with one attached hydrogen (secondary N) is 1. The average Bonchev–Trinajstić information content (AvgIpc) is 2.86. The van der Waals surface area contributed by atoms with Gasteiger partial charge in [0.15, 0.2) is 9.84 Å². The third kappa shape index (κ3) is 4.52. The molecular formula is C17H16INO3S2. The Morgan fingerprint density at radius 2 is 1.96 bits per heavy atom. The molecule has 1 N–H and O–H groups in total. The van der Waals surface area contributed by atoms with Crippen molar-refractivity contribution in [1.29, 1.82) is 0 Å². The van der Waals surface area contributed by atoms with Gasteiger partial charge in [-0.3, -0.25) is 4.79 Å². The summed E-state index contributed by atoms with van der Waals surface area (Å²) in [5.41, 5.74) is 1.32. The summed E-state index contributed by atoms with van der Waals surface area (Å²) < 4.78 is 24.3. The molecule has 126 valence electrons. The van der Waals surface area contributed by atoms with Crippen molar-refractivity contribution in [3.05, 3.63) is 57.7 Å². The number of amides is 1. The van der Waals surface area contributed by atoms with Gasteiger partial charge in [-0.05, 0) is 59.3 Å². The van der Waals surface area contributed by atoms with Crippen molar-refractivity contribution < 1.29 is 13.2 Å². The number of benzene rings is 2. The molecule has 1 fully saturated rings. The first-order valence-corrected chi connectivity index (χ1v) is 11.2. The first-order valence-electron chi connectivity index (χ1n) is 7.46. The lowest BCUT2D eigenvalue weighted by atomic mass is 10.2. The molecule has 0 aromatic heterocycles. The fourth-order valence-corrected chi connectivity index (χ4v) is 6.72. The maximum absolute atomic E-state index is 12.6. The molecule has 1 heterocycles. The highest BCUT2D eigenvalue weighted by Crippen LogP contribution is 2.33. The van der Waals surface area contributed by atoms with Crippen molar-refractivity contribution in [1.82, 2.24) is 0 Å². The quantitative estimate of drug-likeness (QED) is 0.686. The molecule has 0 saturated carbocycles. The zero-order valence-corrected chi connectivity index (χ0v) is 16.5. The zero-order chi connectivity index (χ0) is 17.2. The maximum atomic E-state index is 12.6. The second kappa shape index (κ2) is 7.45. The molecule has 1 aliphatic rings. The summed E-state index contributed by atoms with van der Waals surface area (Å²) in [6.07, 6.45) is 0.639. The molecule has 2 aromatic carbocycles. The number of hydrogen-bond donors (Lipinski definition) is 1. The van der Waals surface area contributed by atoms with Crippen LogP contribution < -0.4 is 5.32 Å². The van der Waals surface area contributed by atoms with Crippen molar-refractivity contribution in [3.8, 4) is 0 Å². The van der Waals surface area contributed by atoms with Crippen molar-refractivity contribution in [3.63, 3.8) is 0 Å². The van der Waals surface area contributed by atoms with Crippen molar-refractivity contribution in [2.75, 3.05) is 16.8 Å². The molecule has 1 atom stereocenters. The van der Waals surface area contributed by atoms with Crippen molar-refractivity contribution in [2.45, 2.75) is 16.6 Å². The van der Waals surface area contributed by atoms with E-state index < -0.39 is 9.84 Å². The lowest BCUT2D eigenvalue weighted by molar-refractivity contribution is 0.102. The van der Waals surface area contributed by atoms with Gasteiger partial charge in [-0.1, -0.05) is 18.2 Å². The SMILES string of the molecule is O=C(Nc1cccc(I)c1)c1ccccc1SC1CCS(=O)(=O)C1. The highest BCUT2D eigenvalue weighted by Gasteiger charge is 2.29. The maximum Gasteiger partial charge on any atom is 0.256 e. The van der Waals surface area contributed by atoms with Gasteiger partial charge in [-0.15, -0.1) is 11.8 Å². The smallest absolute Gasteiger partial charge is 0.256 e. The van der Waals surface area contributed by atoms with Crippen LogP contribution in [0.5, 0.6) is 0 Å². The number of rotatable bonds is 4. The molecule has 0 radical (unpaired) electrons. The second-order valence-electron chi connectivity index (χ2n) is 5.60. The van der Waals surface area contributed by atoms with Crippen LogP contribution >= 0.6 is 34.4 Å². The Morgan fingerprint density at radius 3 is 2.67 bits per heavy atom. The Kier molecular flexibility index (Phi) is 5.51. The van der Waals surface area contributed by atoms with Gasteiger partial charge in [0.25, 0.3) is 5.91 Å². The van der Waals surface area contributed by atoms with Crippen molar-refractivity contribution in [2.24, 2.45) is 0 Å². The van der Waals surface area contributed by atoms with Crippen molar-refractivity contribution >= 4 is 55.8 Å². The first kappa shape index (κ1) is 17.8. The molecule has 24 heavy (non-hydrogen) atoms. The summed E-state index contributed by atoms with van der Waals surface area (Å²) in [7, 11) is -2.92. The van der Waals surface area contributed by atoms with E-state index in [0.29, 0.717) is 12.0 Å². The number of carbonyl (C=O) groups is 1. The van der Waals surface area contributed by atoms with E-state index >= 15 is 0 Å². The van der Waals surface area contributed by atoms with Gasteiger partial charge >= 0.3 is 0 Å². The van der Waals surface area contributed by atoms with Crippen LogP contribution in [0.2, 0.25) is 0 Å². The van der Waals surface area contributed by atoms with Gasteiger partial charge in [-0.25, -0.2) is 8.42 Å². The molecule has 4 nitrogen and oxygen atoms in total. The van der Waals surface area contributed by atoms with E-state index in [2.05, 4.69) is 27.9 Å². The van der Waals surface area contributed by atoms with Crippen LogP contribution in [0.4, 0.5) is 5.69 Å². The van der Waals surface area contributed by atoms with Gasteiger partial charge in [0.2, 0.25) is 0 Å². The van der Waals surface area contributed by atoms with Crippen LogP contribution in [0.25, 0.3) is 0 Å². The van der Waals surface area contributed by atoms with E-state index in [4.69, 9.17) is 0 Å². The molecular weight excluding hydrogens is 457 g/mol. The Labute approximate surface area is 159 Å². The van der Waals surface area contributed by atoms with E-state index in [0.717, 1.165) is 14.2 Å². The molecule has 1 unspecified atom stereocenters. The average molecular weight is 473 g/mol. The number of carbonyl (C=O) groups excluding carboxylic acids is 1. The van der Waals surface area contributed by atoms with Gasteiger partial charge in [0.1, 0.15) is 0 Å². The number of halogens is 1. The number of thioether (sulfide) groups is 1. The molecule has 1 saturated heterocycles. The molecule has 0 spiro atoms. The Morgan fingerprint density at radius 1 is 1.17 bits per heavy atom.